The van der Waals surface area contributed by atoms with Crippen molar-refractivity contribution in [3.05, 3.63) is 29.8 Å². The summed E-state index contributed by atoms with van der Waals surface area (Å²) in [6, 6.07) is 8.63. The fraction of sp³-hybridized carbons (Fsp3) is 0.600. The van der Waals surface area contributed by atoms with Crippen LogP contribution in [0.2, 0.25) is 0 Å². The molecule has 1 aliphatic rings. The Labute approximate surface area is 115 Å². The third kappa shape index (κ3) is 3.47. The van der Waals surface area contributed by atoms with E-state index in [0.717, 1.165) is 32.1 Å². The van der Waals surface area contributed by atoms with Crippen LogP contribution in [-0.4, -0.2) is 50.9 Å². The van der Waals surface area contributed by atoms with Crippen LogP contribution in [-0.2, 0) is 4.74 Å². The van der Waals surface area contributed by atoms with Gasteiger partial charge in [0.15, 0.2) is 0 Å². The van der Waals surface area contributed by atoms with E-state index in [4.69, 9.17) is 15.2 Å². The van der Waals surface area contributed by atoms with Gasteiger partial charge < -0.3 is 15.2 Å². The Bertz CT molecular complexity index is 391. The minimum Gasteiger partial charge on any atom is -0.497 e. The lowest BCUT2D eigenvalue weighted by atomic mass is 9.91. The molecule has 106 valence electrons. The third-order valence-electron chi connectivity index (χ3n) is 3.95. The molecule has 19 heavy (non-hydrogen) atoms. The van der Waals surface area contributed by atoms with E-state index >= 15 is 0 Å². The van der Waals surface area contributed by atoms with E-state index in [1.165, 1.54) is 5.56 Å². The Morgan fingerprint density at radius 1 is 1.37 bits per heavy atom. The SMILES string of the molecule is COc1cccc(C(C)C(CN)N2CCOCC2)c1. The van der Waals surface area contributed by atoms with Gasteiger partial charge in [-0.1, -0.05) is 19.1 Å². The maximum Gasteiger partial charge on any atom is 0.119 e. The molecule has 2 atom stereocenters. The number of rotatable bonds is 5. The monoisotopic (exact) mass is 264 g/mol. The maximum atomic E-state index is 6.00. The molecular weight excluding hydrogens is 240 g/mol. The van der Waals surface area contributed by atoms with Crippen molar-refractivity contribution in [2.75, 3.05) is 40.0 Å². The second kappa shape index (κ2) is 6.89. The van der Waals surface area contributed by atoms with Crippen LogP contribution in [0, 0.1) is 0 Å². The lowest BCUT2D eigenvalue weighted by molar-refractivity contribution is 0.0136. The van der Waals surface area contributed by atoms with Gasteiger partial charge >= 0.3 is 0 Å². The highest BCUT2D eigenvalue weighted by Crippen LogP contribution is 2.26. The molecule has 0 saturated carbocycles. The summed E-state index contributed by atoms with van der Waals surface area (Å²) in [5.41, 5.74) is 7.28. The molecule has 2 N–H and O–H groups in total. The summed E-state index contributed by atoms with van der Waals surface area (Å²) < 4.78 is 10.7. The van der Waals surface area contributed by atoms with Crippen molar-refractivity contribution < 1.29 is 9.47 Å². The second-order valence-corrected chi connectivity index (χ2v) is 5.02. The molecule has 1 fully saturated rings. The van der Waals surface area contributed by atoms with Crippen molar-refractivity contribution >= 4 is 0 Å². The molecule has 0 amide bonds. The number of hydrogen-bond acceptors (Lipinski definition) is 4. The first-order valence-corrected chi connectivity index (χ1v) is 6.92. The number of methoxy groups -OCH3 is 1. The van der Waals surface area contributed by atoms with E-state index in [0.29, 0.717) is 18.5 Å². The Morgan fingerprint density at radius 2 is 2.11 bits per heavy atom. The number of ether oxygens (including phenoxy) is 2. The van der Waals surface area contributed by atoms with E-state index in [9.17, 15) is 0 Å². The van der Waals surface area contributed by atoms with Gasteiger partial charge in [-0.3, -0.25) is 4.90 Å². The van der Waals surface area contributed by atoms with Crippen LogP contribution in [0.25, 0.3) is 0 Å². The topological polar surface area (TPSA) is 47.7 Å². The number of nitrogens with two attached hydrogens (primary N) is 1. The van der Waals surface area contributed by atoms with Gasteiger partial charge in [0.1, 0.15) is 5.75 Å². The Kier molecular flexibility index (Phi) is 5.19. The Morgan fingerprint density at radius 3 is 2.74 bits per heavy atom. The first-order chi connectivity index (χ1) is 9.26. The van der Waals surface area contributed by atoms with Crippen molar-refractivity contribution in [3.63, 3.8) is 0 Å². The average molecular weight is 264 g/mol. The summed E-state index contributed by atoms with van der Waals surface area (Å²) in [7, 11) is 1.70. The molecule has 1 heterocycles. The predicted molar refractivity (Wildman–Crippen MR) is 76.6 cm³/mol. The number of nitrogens with zero attached hydrogens (tertiary/aromatic N) is 1. The molecule has 0 aliphatic carbocycles. The van der Waals surface area contributed by atoms with E-state index < -0.39 is 0 Å². The minimum atomic E-state index is 0.357. The van der Waals surface area contributed by atoms with Crippen LogP contribution >= 0.6 is 0 Å². The van der Waals surface area contributed by atoms with Crippen molar-refractivity contribution in [2.24, 2.45) is 5.73 Å². The van der Waals surface area contributed by atoms with Gasteiger partial charge in [0.2, 0.25) is 0 Å². The van der Waals surface area contributed by atoms with Crippen LogP contribution in [0.5, 0.6) is 5.75 Å². The largest absolute Gasteiger partial charge is 0.497 e. The summed E-state index contributed by atoms with van der Waals surface area (Å²) >= 11 is 0. The summed E-state index contributed by atoms with van der Waals surface area (Å²) in [4.78, 5) is 2.44. The first-order valence-electron chi connectivity index (χ1n) is 6.92. The van der Waals surface area contributed by atoms with Crippen LogP contribution in [0.15, 0.2) is 24.3 Å². The first kappa shape index (κ1) is 14.3. The number of morpholine rings is 1. The fourth-order valence-electron chi connectivity index (χ4n) is 2.73. The molecular formula is C15H24N2O2. The zero-order chi connectivity index (χ0) is 13.7. The van der Waals surface area contributed by atoms with Gasteiger partial charge in [0.25, 0.3) is 0 Å². The molecule has 0 spiro atoms. The molecule has 1 aromatic rings. The highest BCUT2D eigenvalue weighted by molar-refractivity contribution is 5.31. The molecule has 4 heteroatoms. The lowest BCUT2D eigenvalue weighted by Gasteiger charge is -2.37. The van der Waals surface area contributed by atoms with E-state index in [-0.39, 0.29) is 0 Å². The smallest absolute Gasteiger partial charge is 0.119 e. The van der Waals surface area contributed by atoms with Crippen molar-refractivity contribution in [1.29, 1.82) is 0 Å². The maximum absolute atomic E-state index is 6.00. The van der Waals surface area contributed by atoms with Gasteiger partial charge in [0, 0.05) is 25.7 Å². The minimum absolute atomic E-state index is 0.357. The highest BCUT2D eigenvalue weighted by atomic mass is 16.5. The number of hydrogen-bond donors (Lipinski definition) is 1. The highest BCUT2D eigenvalue weighted by Gasteiger charge is 2.26. The molecule has 0 radical (unpaired) electrons. The van der Waals surface area contributed by atoms with Gasteiger partial charge in [0.05, 0.1) is 20.3 Å². The molecule has 1 aliphatic heterocycles. The molecule has 2 unspecified atom stereocenters. The van der Waals surface area contributed by atoms with Gasteiger partial charge in [-0.2, -0.15) is 0 Å². The zero-order valence-corrected chi connectivity index (χ0v) is 11.8. The van der Waals surface area contributed by atoms with E-state index in [2.05, 4.69) is 24.0 Å². The fourth-order valence-corrected chi connectivity index (χ4v) is 2.73. The molecule has 2 rings (SSSR count). The third-order valence-corrected chi connectivity index (χ3v) is 3.95. The molecule has 4 nitrogen and oxygen atoms in total. The Hall–Kier alpha value is -1.10. The normalized spacial score (nSPS) is 19.9. The summed E-state index contributed by atoms with van der Waals surface area (Å²) in [5.74, 6) is 1.29. The van der Waals surface area contributed by atoms with Crippen molar-refractivity contribution in [1.82, 2.24) is 4.90 Å². The van der Waals surface area contributed by atoms with Crippen LogP contribution in [0.1, 0.15) is 18.4 Å². The van der Waals surface area contributed by atoms with E-state index in [1.807, 2.05) is 12.1 Å². The summed E-state index contributed by atoms with van der Waals surface area (Å²) in [6.07, 6.45) is 0. The quantitative estimate of drug-likeness (QED) is 0.874. The van der Waals surface area contributed by atoms with Gasteiger partial charge in [-0.15, -0.1) is 0 Å². The van der Waals surface area contributed by atoms with Gasteiger partial charge in [-0.05, 0) is 23.6 Å². The van der Waals surface area contributed by atoms with Gasteiger partial charge in [-0.25, -0.2) is 0 Å². The molecule has 0 bridgehead atoms. The van der Waals surface area contributed by atoms with Crippen molar-refractivity contribution in [3.8, 4) is 5.75 Å². The standard InChI is InChI=1S/C15H24N2O2/c1-12(13-4-3-5-14(10-13)18-2)15(11-16)17-6-8-19-9-7-17/h3-5,10,12,15H,6-9,11,16H2,1-2H3. The number of benzene rings is 1. The Balaban J connectivity index is 2.12. The van der Waals surface area contributed by atoms with Crippen molar-refractivity contribution in [2.45, 2.75) is 18.9 Å². The predicted octanol–water partition coefficient (Wildman–Crippen LogP) is 1.46. The van der Waals surface area contributed by atoms with E-state index in [1.54, 1.807) is 7.11 Å². The van der Waals surface area contributed by atoms with Crippen LogP contribution < -0.4 is 10.5 Å². The average Bonchev–Trinajstić information content (AvgIpc) is 2.49. The molecule has 0 aromatic heterocycles. The van der Waals surface area contributed by atoms with Crippen LogP contribution in [0.4, 0.5) is 0 Å². The lowest BCUT2D eigenvalue weighted by Crippen LogP contribution is -2.49. The summed E-state index contributed by atoms with van der Waals surface area (Å²) in [6.45, 7) is 6.45. The zero-order valence-electron chi connectivity index (χ0n) is 11.8. The molecule has 1 aromatic carbocycles. The molecule has 1 saturated heterocycles. The van der Waals surface area contributed by atoms with Crippen LogP contribution in [0.3, 0.4) is 0 Å². The second-order valence-electron chi connectivity index (χ2n) is 5.02. The summed E-state index contributed by atoms with van der Waals surface area (Å²) in [5, 5.41) is 0.